The van der Waals surface area contributed by atoms with E-state index >= 15 is 0 Å². The Balaban J connectivity index is 0. The fraction of sp³-hybridized carbons (Fsp3) is 0.941. The summed E-state index contributed by atoms with van der Waals surface area (Å²) in [5, 5.41) is 8.89. The third-order valence-electron chi connectivity index (χ3n) is 3.97. The molecule has 0 aliphatic rings. The lowest BCUT2D eigenvalue weighted by Gasteiger charge is -2.31. The van der Waals surface area contributed by atoms with Crippen LogP contribution in [0.25, 0.3) is 0 Å². The molecule has 0 heterocycles. The van der Waals surface area contributed by atoms with Gasteiger partial charge in [0.1, 0.15) is 0 Å². The van der Waals surface area contributed by atoms with Crippen molar-refractivity contribution >= 4 is 13.2 Å². The van der Waals surface area contributed by atoms with Crippen LogP contribution in [-0.4, -0.2) is 30.1 Å². The van der Waals surface area contributed by atoms with Gasteiger partial charge in [-0.1, -0.05) is 40.0 Å². The standard InChI is InChI=1S/C15H34P.C2H4O2/c1-6-9-12-16(15(4)5,13-10-7-2)14-11-8-3;1-2(3)4/h15H,6-14H2,1-5H3;1H3,(H,3,4)/q+1;/p-1. The zero-order chi connectivity index (χ0) is 16.0. The van der Waals surface area contributed by atoms with Gasteiger partial charge in [0.2, 0.25) is 0 Å². The number of hydrogen-bond donors (Lipinski definition) is 0. The van der Waals surface area contributed by atoms with Crippen molar-refractivity contribution in [2.45, 2.75) is 85.7 Å². The number of carboxylic acids is 1. The van der Waals surface area contributed by atoms with E-state index in [4.69, 9.17) is 9.90 Å². The minimum atomic E-state index is -1.08. The first-order valence-corrected chi connectivity index (χ1v) is 10.8. The first-order chi connectivity index (χ1) is 9.36. The lowest BCUT2D eigenvalue weighted by molar-refractivity contribution is -0.302. The van der Waals surface area contributed by atoms with Crippen LogP contribution in [0.1, 0.15) is 80.1 Å². The molecule has 0 spiro atoms. The highest BCUT2D eigenvalue weighted by Crippen LogP contribution is 2.64. The molecule has 0 saturated carbocycles. The van der Waals surface area contributed by atoms with Gasteiger partial charge >= 0.3 is 0 Å². The van der Waals surface area contributed by atoms with Gasteiger partial charge < -0.3 is 9.90 Å². The van der Waals surface area contributed by atoms with Crippen LogP contribution in [0.2, 0.25) is 0 Å². The Labute approximate surface area is 128 Å². The molecule has 0 N–H and O–H groups in total. The first-order valence-electron chi connectivity index (χ1n) is 8.39. The lowest BCUT2D eigenvalue weighted by Crippen LogP contribution is -2.17. The number of carbonyl (C=O) groups excluding carboxylic acids is 1. The van der Waals surface area contributed by atoms with Crippen LogP contribution < -0.4 is 5.11 Å². The maximum absolute atomic E-state index is 8.89. The van der Waals surface area contributed by atoms with Gasteiger partial charge in [0.15, 0.2) is 0 Å². The number of carboxylic acid groups (broad SMARTS) is 1. The second kappa shape index (κ2) is 13.9. The maximum Gasteiger partial charge on any atom is 0.0641 e. The molecule has 20 heavy (non-hydrogen) atoms. The van der Waals surface area contributed by atoms with Crippen molar-refractivity contribution in [1.82, 2.24) is 0 Å². The van der Waals surface area contributed by atoms with E-state index in [1.54, 1.807) is 18.5 Å². The van der Waals surface area contributed by atoms with Crippen molar-refractivity contribution < 1.29 is 9.90 Å². The highest BCUT2D eigenvalue weighted by Gasteiger charge is 2.38. The van der Waals surface area contributed by atoms with Crippen molar-refractivity contribution in [1.29, 1.82) is 0 Å². The Bertz CT molecular complexity index is 201. The molecule has 0 aliphatic carbocycles. The van der Waals surface area contributed by atoms with Gasteiger partial charge in [0, 0.05) is 13.2 Å². The van der Waals surface area contributed by atoms with E-state index in [-0.39, 0.29) is 0 Å². The average Bonchev–Trinajstić information content (AvgIpc) is 2.37. The van der Waals surface area contributed by atoms with Gasteiger partial charge in [-0.15, -0.1) is 0 Å². The number of aliphatic carboxylic acids is 1. The third-order valence-corrected chi connectivity index (χ3v) is 9.78. The number of rotatable bonds is 10. The molecule has 0 bridgehead atoms. The van der Waals surface area contributed by atoms with Crippen molar-refractivity contribution in [2.75, 3.05) is 18.5 Å². The Morgan fingerprint density at radius 2 is 1.15 bits per heavy atom. The molecule has 2 nitrogen and oxygen atoms in total. The number of hydrogen-bond acceptors (Lipinski definition) is 2. The Hall–Kier alpha value is -0.100. The van der Waals surface area contributed by atoms with Gasteiger partial charge in [0.25, 0.3) is 0 Å². The summed E-state index contributed by atoms with van der Waals surface area (Å²) in [6.07, 6.45) is 13.3. The van der Waals surface area contributed by atoms with E-state index in [1.165, 1.54) is 38.5 Å². The molecule has 0 saturated heterocycles. The fourth-order valence-electron chi connectivity index (χ4n) is 2.53. The molecule has 0 atom stereocenters. The molecule has 3 heteroatoms. The largest absolute Gasteiger partial charge is 0.550 e. The van der Waals surface area contributed by atoms with E-state index in [9.17, 15) is 0 Å². The van der Waals surface area contributed by atoms with E-state index in [0.717, 1.165) is 12.6 Å². The Kier molecular flexibility index (Phi) is 15.4. The summed E-state index contributed by atoms with van der Waals surface area (Å²) in [5.41, 5.74) is 0.970. The van der Waals surface area contributed by atoms with Gasteiger partial charge in [-0.25, -0.2) is 0 Å². The topological polar surface area (TPSA) is 40.1 Å². The lowest BCUT2D eigenvalue weighted by atomic mass is 10.4. The smallest absolute Gasteiger partial charge is 0.0641 e. The van der Waals surface area contributed by atoms with Crippen LogP contribution >= 0.6 is 7.26 Å². The predicted molar refractivity (Wildman–Crippen MR) is 92.1 cm³/mol. The molecule has 0 aromatic carbocycles. The van der Waals surface area contributed by atoms with Crippen LogP contribution in [0.15, 0.2) is 0 Å². The average molecular weight is 304 g/mol. The quantitative estimate of drug-likeness (QED) is 0.555. The number of carbonyl (C=O) groups is 1. The molecule has 0 fully saturated rings. The highest BCUT2D eigenvalue weighted by molar-refractivity contribution is 7.76. The highest BCUT2D eigenvalue weighted by atomic mass is 31.2. The van der Waals surface area contributed by atoms with Crippen LogP contribution in [0.3, 0.4) is 0 Å². The summed E-state index contributed by atoms with van der Waals surface area (Å²) in [6, 6.07) is 0. The molecular weight excluding hydrogens is 267 g/mol. The molecule has 0 unspecified atom stereocenters. The zero-order valence-electron chi connectivity index (χ0n) is 14.7. The molecule has 0 radical (unpaired) electrons. The Morgan fingerprint density at radius 1 is 0.900 bits per heavy atom. The summed E-state index contributed by atoms with van der Waals surface area (Å²) in [7, 11) is -0.618. The molecular formula is C17H37O2P. The third kappa shape index (κ3) is 11.7. The molecule has 0 rings (SSSR count). The summed E-state index contributed by atoms with van der Waals surface area (Å²) in [5.74, 6) is -1.08. The second-order valence-electron chi connectivity index (χ2n) is 6.04. The molecule has 0 aromatic rings. The fourth-order valence-corrected chi connectivity index (χ4v) is 7.59. The molecule has 0 amide bonds. The van der Waals surface area contributed by atoms with E-state index in [2.05, 4.69) is 34.6 Å². The van der Waals surface area contributed by atoms with Crippen LogP contribution in [0.4, 0.5) is 0 Å². The normalized spacial score (nSPS) is 11.2. The molecule has 0 aromatic heterocycles. The van der Waals surface area contributed by atoms with Crippen molar-refractivity contribution in [2.24, 2.45) is 0 Å². The van der Waals surface area contributed by atoms with Gasteiger partial charge in [0.05, 0.1) is 24.1 Å². The van der Waals surface area contributed by atoms with Crippen molar-refractivity contribution in [3.8, 4) is 0 Å². The summed E-state index contributed by atoms with van der Waals surface area (Å²) < 4.78 is 0. The maximum atomic E-state index is 8.89. The SMILES string of the molecule is CC(=O)[O-].CCCC[P+](CCCC)(CCCC)C(C)C. The number of unbranched alkanes of at least 4 members (excludes halogenated alkanes) is 3. The van der Waals surface area contributed by atoms with Crippen LogP contribution in [0.5, 0.6) is 0 Å². The predicted octanol–water partition coefficient (Wildman–Crippen LogP) is 4.57. The minimum absolute atomic E-state index is 0.618. The van der Waals surface area contributed by atoms with Gasteiger partial charge in [-0.3, -0.25) is 0 Å². The van der Waals surface area contributed by atoms with E-state index in [1.807, 2.05) is 0 Å². The monoisotopic (exact) mass is 304 g/mol. The van der Waals surface area contributed by atoms with Crippen LogP contribution in [0, 0.1) is 0 Å². The minimum Gasteiger partial charge on any atom is -0.550 e. The summed E-state index contributed by atoms with van der Waals surface area (Å²) >= 11 is 0. The second-order valence-corrected chi connectivity index (χ2v) is 10.8. The van der Waals surface area contributed by atoms with Crippen molar-refractivity contribution in [3.05, 3.63) is 0 Å². The molecule has 122 valence electrons. The van der Waals surface area contributed by atoms with Crippen molar-refractivity contribution in [3.63, 3.8) is 0 Å². The van der Waals surface area contributed by atoms with E-state index < -0.39 is 13.2 Å². The van der Waals surface area contributed by atoms with Crippen LogP contribution in [-0.2, 0) is 4.79 Å². The van der Waals surface area contributed by atoms with Gasteiger partial charge in [-0.2, -0.15) is 0 Å². The van der Waals surface area contributed by atoms with Gasteiger partial charge in [-0.05, 0) is 40.0 Å². The molecule has 0 aliphatic heterocycles. The van der Waals surface area contributed by atoms with E-state index in [0.29, 0.717) is 0 Å². The zero-order valence-corrected chi connectivity index (χ0v) is 15.6. The first kappa shape index (κ1) is 22.2. The Morgan fingerprint density at radius 3 is 1.30 bits per heavy atom. The summed E-state index contributed by atoms with van der Waals surface area (Å²) in [4.78, 5) is 8.89. The summed E-state index contributed by atoms with van der Waals surface area (Å²) in [6.45, 7) is 13.0.